The minimum absolute atomic E-state index is 0.832. The maximum atomic E-state index is 2.56. The molecule has 1 aliphatic rings. The van der Waals surface area contributed by atoms with Gasteiger partial charge in [-0.05, 0) is 63.1 Å². The van der Waals surface area contributed by atoms with Gasteiger partial charge in [-0.3, -0.25) is 0 Å². The van der Waals surface area contributed by atoms with Gasteiger partial charge in [-0.15, -0.1) is 0 Å². The van der Waals surface area contributed by atoms with Crippen molar-refractivity contribution < 1.29 is 0 Å². The summed E-state index contributed by atoms with van der Waals surface area (Å²) in [5.74, 6) is 0.832. The Balaban J connectivity index is 1.59. The smallest absolute Gasteiger partial charge is 0.0366 e. The van der Waals surface area contributed by atoms with E-state index in [2.05, 4.69) is 67.3 Å². The molecule has 0 aromatic heterocycles. The zero-order valence-corrected chi connectivity index (χ0v) is 13.9. The Morgan fingerprint density at radius 1 is 0.818 bits per heavy atom. The fourth-order valence-corrected chi connectivity index (χ4v) is 3.44. The first kappa shape index (κ1) is 15.1. The van der Waals surface area contributed by atoms with Crippen LogP contribution in [-0.4, -0.2) is 13.1 Å². The van der Waals surface area contributed by atoms with E-state index in [1.807, 2.05) is 0 Å². The summed E-state index contributed by atoms with van der Waals surface area (Å²) in [6.45, 7) is 6.71. The van der Waals surface area contributed by atoms with Gasteiger partial charge < -0.3 is 4.90 Å². The molecule has 1 unspecified atom stereocenters. The van der Waals surface area contributed by atoms with E-state index < -0.39 is 0 Å². The Labute approximate surface area is 135 Å². The number of aryl methyl sites for hydroxylation is 2. The lowest BCUT2D eigenvalue weighted by Gasteiger charge is -2.23. The molecule has 0 amide bonds. The van der Waals surface area contributed by atoms with Crippen LogP contribution in [0.25, 0.3) is 0 Å². The van der Waals surface area contributed by atoms with Crippen LogP contribution in [0, 0.1) is 19.8 Å². The maximum absolute atomic E-state index is 2.56. The highest BCUT2D eigenvalue weighted by atomic mass is 15.1. The summed E-state index contributed by atoms with van der Waals surface area (Å²) in [6.07, 6.45) is 5.21. The topological polar surface area (TPSA) is 3.24 Å². The molecular formula is C21H27N. The minimum atomic E-state index is 0.832. The second kappa shape index (κ2) is 7.00. The molecule has 22 heavy (non-hydrogen) atoms. The van der Waals surface area contributed by atoms with Gasteiger partial charge in [0.2, 0.25) is 0 Å². The molecule has 0 saturated carbocycles. The van der Waals surface area contributed by atoms with Crippen molar-refractivity contribution in [2.24, 2.45) is 5.92 Å². The molecule has 2 aromatic rings. The summed E-state index contributed by atoms with van der Waals surface area (Å²) < 4.78 is 0. The molecule has 3 rings (SSSR count). The average Bonchev–Trinajstić information content (AvgIpc) is 2.76. The Morgan fingerprint density at radius 3 is 2.14 bits per heavy atom. The second-order valence-corrected chi connectivity index (χ2v) is 6.81. The van der Waals surface area contributed by atoms with Crippen LogP contribution in [0.1, 0.15) is 36.0 Å². The van der Waals surface area contributed by atoms with E-state index in [4.69, 9.17) is 0 Å². The third-order valence-corrected chi connectivity index (χ3v) is 4.89. The van der Waals surface area contributed by atoms with E-state index in [1.54, 1.807) is 0 Å². The fourth-order valence-electron chi connectivity index (χ4n) is 3.44. The number of rotatable bonds is 3. The maximum Gasteiger partial charge on any atom is 0.0366 e. The predicted molar refractivity (Wildman–Crippen MR) is 95.6 cm³/mol. The van der Waals surface area contributed by atoms with Crippen LogP contribution in [0.2, 0.25) is 0 Å². The Hall–Kier alpha value is -1.76. The zero-order valence-electron chi connectivity index (χ0n) is 13.9. The SMILES string of the molecule is Cc1ccc(CC2CCCN(c3ccc(C)cc3)CC2)cc1. The molecule has 0 spiro atoms. The molecular weight excluding hydrogens is 266 g/mol. The van der Waals surface area contributed by atoms with E-state index in [1.165, 1.54) is 61.2 Å². The molecule has 0 bridgehead atoms. The van der Waals surface area contributed by atoms with Crippen LogP contribution < -0.4 is 4.90 Å². The molecule has 2 aromatic carbocycles. The summed E-state index contributed by atoms with van der Waals surface area (Å²) >= 11 is 0. The number of anilines is 1. The lowest BCUT2D eigenvalue weighted by atomic mass is 9.92. The normalized spacial score (nSPS) is 19.0. The molecule has 0 radical (unpaired) electrons. The molecule has 1 fully saturated rings. The van der Waals surface area contributed by atoms with E-state index >= 15 is 0 Å². The summed E-state index contributed by atoms with van der Waals surface area (Å²) in [5, 5.41) is 0. The predicted octanol–water partition coefficient (Wildman–Crippen LogP) is 5.15. The van der Waals surface area contributed by atoms with Crippen molar-refractivity contribution in [2.75, 3.05) is 18.0 Å². The second-order valence-electron chi connectivity index (χ2n) is 6.81. The molecule has 1 nitrogen and oxygen atoms in total. The monoisotopic (exact) mass is 293 g/mol. The van der Waals surface area contributed by atoms with Crippen LogP contribution in [0.4, 0.5) is 5.69 Å². The fraction of sp³-hybridized carbons (Fsp3) is 0.429. The Bertz CT molecular complexity index is 582. The third kappa shape index (κ3) is 3.91. The molecule has 1 aliphatic heterocycles. The molecule has 116 valence electrons. The minimum Gasteiger partial charge on any atom is -0.372 e. The van der Waals surface area contributed by atoms with Crippen molar-refractivity contribution in [1.29, 1.82) is 0 Å². The van der Waals surface area contributed by atoms with Gasteiger partial charge in [-0.1, -0.05) is 47.5 Å². The van der Waals surface area contributed by atoms with Crippen LogP contribution in [-0.2, 0) is 6.42 Å². The molecule has 0 aliphatic carbocycles. The molecule has 1 heterocycles. The van der Waals surface area contributed by atoms with Crippen molar-refractivity contribution in [1.82, 2.24) is 0 Å². The number of nitrogens with zero attached hydrogens (tertiary/aromatic N) is 1. The third-order valence-electron chi connectivity index (χ3n) is 4.89. The van der Waals surface area contributed by atoms with Crippen molar-refractivity contribution in [2.45, 2.75) is 39.5 Å². The van der Waals surface area contributed by atoms with Crippen LogP contribution in [0.5, 0.6) is 0 Å². The molecule has 1 heteroatoms. The van der Waals surface area contributed by atoms with Gasteiger partial charge in [-0.25, -0.2) is 0 Å². The first-order valence-corrected chi connectivity index (χ1v) is 8.58. The van der Waals surface area contributed by atoms with Gasteiger partial charge in [0.05, 0.1) is 0 Å². The number of hydrogen-bond acceptors (Lipinski definition) is 1. The van der Waals surface area contributed by atoms with E-state index in [9.17, 15) is 0 Å². The molecule has 1 saturated heterocycles. The van der Waals surface area contributed by atoms with Crippen molar-refractivity contribution >= 4 is 5.69 Å². The van der Waals surface area contributed by atoms with E-state index in [-0.39, 0.29) is 0 Å². The van der Waals surface area contributed by atoms with Gasteiger partial charge in [0.1, 0.15) is 0 Å². The first-order valence-electron chi connectivity index (χ1n) is 8.58. The van der Waals surface area contributed by atoms with Gasteiger partial charge in [-0.2, -0.15) is 0 Å². The van der Waals surface area contributed by atoms with Gasteiger partial charge >= 0.3 is 0 Å². The van der Waals surface area contributed by atoms with Crippen molar-refractivity contribution in [3.05, 3.63) is 65.2 Å². The van der Waals surface area contributed by atoms with Gasteiger partial charge in [0.25, 0.3) is 0 Å². The van der Waals surface area contributed by atoms with Gasteiger partial charge in [0.15, 0.2) is 0 Å². The Morgan fingerprint density at radius 2 is 1.45 bits per heavy atom. The summed E-state index contributed by atoms with van der Waals surface area (Å²) in [5.41, 5.74) is 5.59. The first-order chi connectivity index (χ1) is 10.7. The summed E-state index contributed by atoms with van der Waals surface area (Å²) in [4.78, 5) is 2.56. The highest BCUT2D eigenvalue weighted by molar-refractivity contribution is 5.47. The zero-order chi connectivity index (χ0) is 15.4. The van der Waals surface area contributed by atoms with Crippen LogP contribution in [0.15, 0.2) is 48.5 Å². The summed E-state index contributed by atoms with van der Waals surface area (Å²) in [7, 11) is 0. The van der Waals surface area contributed by atoms with E-state index in [0.29, 0.717) is 0 Å². The largest absolute Gasteiger partial charge is 0.372 e. The summed E-state index contributed by atoms with van der Waals surface area (Å²) in [6, 6.07) is 18.1. The van der Waals surface area contributed by atoms with Crippen molar-refractivity contribution in [3.8, 4) is 0 Å². The quantitative estimate of drug-likeness (QED) is 0.756. The Kier molecular flexibility index (Phi) is 4.82. The van der Waals surface area contributed by atoms with Crippen LogP contribution in [0.3, 0.4) is 0 Å². The average molecular weight is 293 g/mol. The molecule has 0 N–H and O–H groups in total. The standard InChI is InChI=1S/C21H27N/c1-17-5-9-20(10-6-17)16-19-4-3-14-22(15-13-19)21-11-7-18(2)8-12-21/h5-12,19H,3-4,13-16H2,1-2H3. The van der Waals surface area contributed by atoms with Gasteiger partial charge in [0, 0.05) is 18.8 Å². The van der Waals surface area contributed by atoms with Crippen molar-refractivity contribution in [3.63, 3.8) is 0 Å². The lowest BCUT2D eigenvalue weighted by molar-refractivity contribution is 0.471. The van der Waals surface area contributed by atoms with Crippen LogP contribution >= 0.6 is 0 Å². The number of hydrogen-bond donors (Lipinski definition) is 0. The highest BCUT2D eigenvalue weighted by Crippen LogP contribution is 2.25. The number of benzene rings is 2. The molecule has 1 atom stereocenters. The highest BCUT2D eigenvalue weighted by Gasteiger charge is 2.17. The van der Waals surface area contributed by atoms with E-state index in [0.717, 1.165) is 5.92 Å². The lowest BCUT2D eigenvalue weighted by Crippen LogP contribution is -2.24.